The second-order valence-electron chi connectivity index (χ2n) is 4.94. The van der Waals surface area contributed by atoms with E-state index in [1.807, 2.05) is 24.3 Å². The first-order valence-electron chi connectivity index (χ1n) is 7.04. The summed E-state index contributed by atoms with van der Waals surface area (Å²) < 4.78 is 0. The quantitative estimate of drug-likeness (QED) is 0.638. The molecule has 1 aromatic rings. The molecule has 3 amide bonds. The number of anilines is 1. The summed E-state index contributed by atoms with van der Waals surface area (Å²) in [5.74, 6) is -1.46. The first-order chi connectivity index (χ1) is 10.2. The molecule has 0 bridgehead atoms. The van der Waals surface area contributed by atoms with Crippen molar-refractivity contribution in [3.8, 4) is 0 Å². The zero-order valence-electron chi connectivity index (χ0n) is 11.8. The van der Waals surface area contributed by atoms with Crippen molar-refractivity contribution in [3.05, 3.63) is 29.8 Å². The highest BCUT2D eigenvalue weighted by molar-refractivity contribution is 6.41. The van der Waals surface area contributed by atoms with Gasteiger partial charge in [-0.25, -0.2) is 0 Å². The van der Waals surface area contributed by atoms with E-state index in [1.54, 1.807) is 0 Å². The smallest absolute Gasteiger partial charge is 0.318 e. The molecule has 0 atom stereocenters. The van der Waals surface area contributed by atoms with Crippen LogP contribution in [0.1, 0.15) is 18.4 Å². The highest BCUT2D eigenvalue weighted by atomic mass is 16.2. The van der Waals surface area contributed by atoms with Crippen LogP contribution in [0.3, 0.4) is 0 Å². The Bertz CT molecular complexity index is 545. The first kappa shape index (κ1) is 15.2. The normalized spacial score (nSPS) is 13.5. The van der Waals surface area contributed by atoms with E-state index in [-0.39, 0.29) is 6.54 Å². The number of carbonyl (C=O) groups is 3. The van der Waals surface area contributed by atoms with E-state index in [9.17, 15) is 14.4 Å². The fourth-order valence-corrected chi connectivity index (χ4v) is 2.45. The zero-order chi connectivity index (χ0) is 15.2. The minimum atomic E-state index is -0.796. The molecule has 1 aromatic carbocycles. The fourth-order valence-electron chi connectivity index (χ4n) is 2.45. The van der Waals surface area contributed by atoms with Gasteiger partial charge in [-0.3, -0.25) is 19.3 Å². The third-order valence-electron chi connectivity index (χ3n) is 3.53. The Labute approximate surface area is 123 Å². The monoisotopic (exact) mass is 289 g/mol. The van der Waals surface area contributed by atoms with Gasteiger partial charge in [-0.15, -0.1) is 0 Å². The Morgan fingerprint density at radius 1 is 1.33 bits per heavy atom. The molecule has 0 fully saturated rings. The minimum absolute atomic E-state index is 0.167. The van der Waals surface area contributed by atoms with E-state index >= 15 is 0 Å². The molecule has 0 saturated carbocycles. The molecule has 112 valence electrons. The molecule has 0 unspecified atom stereocenters. The van der Waals surface area contributed by atoms with Crippen LogP contribution < -0.4 is 10.6 Å². The van der Waals surface area contributed by atoms with Gasteiger partial charge in [0.15, 0.2) is 0 Å². The zero-order valence-corrected chi connectivity index (χ0v) is 11.8. The van der Waals surface area contributed by atoms with Gasteiger partial charge < -0.3 is 10.6 Å². The van der Waals surface area contributed by atoms with E-state index in [1.165, 1.54) is 4.90 Å². The van der Waals surface area contributed by atoms with Crippen LogP contribution in [-0.4, -0.2) is 42.8 Å². The number of fused-ring (bicyclic) bond motifs is 1. The lowest BCUT2D eigenvalue weighted by atomic mass is 10.0. The van der Waals surface area contributed by atoms with Gasteiger partial charge in [-0.05, 0) is 37.4 Å². The Balaban J connectivity index is 2.16. The predicted molar refractivity (Wildman–Crippen MR) is 78.6 cm³/mol. The number of carbonyl (C=O) groups excluding carboxylic acids is 3. The second-order valence-corrected chi connectivity index (χ2v) is 4.94. The Morgan fingerprint density at radius 3 is 2.81 bits per heavy atom. The molecule has 6 heteroatoms. The molecule has 0 radical (unpaired) electrons. The van der Waals surface area contributed by atoms with Crippen molar-refractivity contribution >= 4 is 23.9 Å². The molecule has 0 aliphatic carbocycles. The maximum absolute atomic E-state index is 12.4. The first-order valence-corrected chi connectivity index (χ1v) is 7.04. The average molecular weight is 289 g/mol. The maximum Gasteiger partial charge on any atom is 0.318 e. The molecular weight excluding hydrogens is 270 g/mol. The molecule has 0 saturated heterocycles. The maximum atomic E-state index is 12.4. The van der Waals surface area contributed by atoms with Gasteiger partial charge in [-0.2, -0.15) is 0 Å². The van der Waals surface area contributed by atoms with Crippen molar-refractivity contribution in [2.45, 2.75) is 19.3 Å². The summed E-state index contributed by atoms with van der Waals surface area (Å²) in [6.45, 7) is 1.02. The lowest BCUT2D eigenvalue weighted by Gasteiger charge is -2.29. The molecule has 1 heterocycles. The number of nitrogens with two attached hydrogens (primary N) is 1. The van der Waals surface area contributed by atoms with Crippen LogP contribution in [0.4, 0.5) is 5.69 Å². The Hall–Kier alpha value is -2.21. The summed E-state index contributed by atoms with van der Waals surface area (Å²) >= 11 is 0. The Kier molecular flexibility index (Phi) is 5.05. The standard InChI is InChI=1S/C15H19N3O3/c16-8-4-9-17(11-19)14(20)15(21)18-10-3-6-12-5-1-2-7-13(12)18/h1-2,5,7,11H,3-4,6,8-10,16H2. The highest BCUT2D eigenvalue weighted by Gasteiger charge is 2.30. The third-order valence-corrected chi connectivity index (χ3v) is 3.53. The number of aryl methyl sites for hydroxylation is 1. The van der Waals surface area contributed by atoms with Crippen LogP contribution in [0.25, 0.3) is 0 Å². The Morgan fingerprint density at radius 2 is 2.10 bits per heavy atom. The minimum Gasteiger partial charge on any atom is -0.330 e. The van der Waals surface area contributed by atoms with Crippen molar-refractivity contribution in [2.75, 3.05) is 24.5 Å². The highest BCUT2D eigenvalue weighted by Crippen LogP contribution is 2.26. The van der Waals surface area contributed by atoms with Crippen LogP contribution in [0, 0.1) is 0 Å². The van der Waals surface area contributed by atoms with Gasteiger partial charge in [0, 0.05) is 18.8 Å². The third kappa shape index (κ3) is 3.28. The van der Waals surface area contributed by atoms with Gasteiger partial charge in [0.2, 0.25) is 6.41 Å². The van der Waals surface area contributed by atoms with Crippen molar-refractivity contribution in [1.82, 2.24) is 4.90 Å². The summed E-state index contributed by atoms with van der Waals surface area (Å²) in [5.41, 5.74) is 7.17. The SMILES string of the molecule is NCCCN(C=O)C(=O)C(=O)N1CCCc2ccccc21. The number of rotatable bonds is 4. The number of benzene rings is 1. The lowest BCUT2D eigenvalue weighted by molar-refractivity contribution is -0.147. The fraction of sp³-hybridized carbons (Fsp3) is 0.400. The van der Waals surface area contributed by atoms with Gasteiger partial charge in [0.25, 0.3) is 0 Å². The van der Waals surface area contributed by atoms with Crippen LogP contribution >= 0.6 is 0 Å². The summed E-state index contributed by atoms with van der Waals surface area (Å²) in [7, 11) is 0. The van der Waals surface area contributed by atoms with Crippen LogP contribution in [-0.2, 0) is 20.8 Å². The molecule has 2 rings (SSSR count). The van der Waals surface area contributed by atoms with Crippen molar-refractivity contribution in [3.63, 3.8) is 0 Å². The largest absolute Gasteiger partial charge is 0.330 e. The molecule has 0 spiro atoms. The van der Waals surface area contributed by atoms with Crippen LogP contribution in [0.2, 0.25) is 0 Å². The summed E-state index contributed by atoms with van der Waals surface area (Å²) in [5, 5.41) is 0. The van der Waals surface area contributed by atoms with Gasteiger partial charge in [-0.1, -0.05) is 18.2 Å². The van der Waals surface area contributed by atoms with E-state index in [2.05, 4.69) is 0 Å². The number of amides is 3. The van der Waals surface area contributed by atoms with E-state index in [4.69, 9.17) is 5.73 Å². The molecule has 1 aliphatic heterocycles. The predicted octanol–water partition coefficient (Wildman–Crippen LogP) is 0.300. The van der Waals surface area contributed by atoms with E-state index in [0.29, 0.717) is 25.9 Å². The van der Waals surface area contributed by atoms with Crippen LogP contribution in [0.5, 0.6) is 0 Å². The van der Waals surface area contributed by atoms with Gasteiger partial charge in [0.05, 0.1) is 0 Å². The van der Waals surface area contributed by atoms with Crippen molar-refractivity contribution < 1.29 is 14.4 Å². The van der Waals surface area contributed by atoms with Gasteiger partial charge in [0.1, 0.15) is 0 Å². The topological polar surface area (TPSA) is 83.7 Å². The molecule has 0 aromatic heterocycles. The van der Waals surface area contributed by atoms with Crippen LogP contribution in [0.15, 0.2) is 24.3 Å². The molecule has 6 nitrogen and oxygen atoms in total. The average Bonchev–Trinajstić information content (AvgIpc) is 2.54. The number of hydrogen-bond donors (Lipinski definition) is 1. The molecule has 21 heavy (non-hydrogen) atoms. The molecule has 1 aliphatic rings. The summed E-state index contributed by atoms with van der Waals surface area (Å²) in [4.78, 5) is 37.9. The number of imide groups is 1. The molecular formula is C15H19N3O3. The number of nitrogens with zero attached hydrogens (tertiary/aromatic N) is 2. The summed E-state index contributed by atoms with van der Waals surface area (Å²) in [6.07, 6.45) is 2.57. The van der Waals surface area contributed by atoms with Crippen molar-refractivity contribution in [2.24, 2.45) is 5.73 Å². The summed E-state index contributed by atoms with van der Waals surface area (Å²) in [6, 6.07) is 7.52. The number of para-hydroxylation sites is 1. The van der Waals surface area contributed by atoms with Gasteiger partial charge >= 0.3 is 11.8 Å². The number of hydrogen-bond acceptors (Lipinski definition) is 4. The van der Waals surface area contributed by atoms with E-state index in [0.717, 1.165) is 29.0 Å². The van der Waals surface area contributed by atoms with Crippen molar-refractivity contribution in [1.29, 1.82) is 0 Å². The second kappa shape index (κ2) is 6.99. The lowest BCUT2D eigenvalue weighted by Crippen LogP contribution is -2.47. The van der Waals surface area contributed by atoms with E-state index < -0.39 is 11.8 Å². The molecule has 2 N–H and O–H groups in total.